The van der Waals surface area contributed by atoms with Crippen molar-refractivity contribution in [3.05, 3.63) is 0 Å². The van der Waals surface area contributed by atoms with Crippen LogP contribution in [0.1, 0.15) is 59.3 Å². The van der Waals surface area contributed by atoms with E-state index in [4.69, 9.17) is 9.16 Å². The smallest absolute Gasteiger partial charge is 0.162 e. The number of fused-ring (bicyclic) bond motifs is 1. The summed E-state index contributed by atoms with van der Waals surface area (Å²) in [6.07, 6.45) is 9.16. The number of ether oxygens (including phenoxy) is 1. The monoisotopic (exact) mass is 256 g/mol. The quantitative estimate of drug-likeness (QED) is 0.397. The van der Waals surface area contributed by atoms with Gasteiger partial charge in [0.25, 0.3) is 0 Å². The van der Waals surface area contributed by atoms with Crippen LogP contribution in [-0.2, 0) is 9.16 Å². The van der Waals surface area contributed by atoms with Gasteiger partial charge in [0.1, 0.15) is 0 Å². The van der Waals surface area contributed by atoms with Crippen LogP contribution in [0.3, 0.4) is 0 Å². The molecule has 2 rings (SSSR count). The van der Waals surface area contributed by atoms with Gasteiger partial charge >= 0.3 is 0 Å². The molecule has 1 aliphatic heterocycles. The second kappa shape index (κ2) is 5.85. The Kier molecular flexibility index (Phi) is 4.67. The van der Waals surface area contributed by atoms with Gasteiger partial charge in [-0.1, -0.05) is 19.8 Å². The van der Waals surface area contributed by atoms with E-state index in [1.165, 1.54) is 44.6 Å². The summed E-state index contributed by atoms with van der Waals surface area (Å²) in [5, 5.41) is 0. The van der Waals surface area contributed by atoms with Crippen LogP contribution in [0.2, 0.25) is 6.04 Å². The van der Waals surface area contributed by atoms with Crippen molar-refractivity contribution in [3.8, 4) is 0 Å². The topological polar surface area (TPSA) is 21.8 Å². The Morgan fingerprint density at radius 2 is 2.12 bits per heavy atom. The van der Waals surface area contributed by atoms with Gasteiger partial charge in [-0.05, 0) is 51.5 Å². The summed E-state index contributed by atoms with van der Waals surface area (Å²) in [4.78, 5) is 0. The molecule has 17 heavy (non-hydrogen) atoms. The SMILES string of the molecule is CCCC(C)(C)O[SiH2]CCC1CCC2OC2C1. The molecule has 0 aromatic carbocycles. The molecule has 1 heterocycles. The lowest BCUT2D eigenvalue weighted by atomic mass is 9.88. The van der Waals surface area contributed by atoms with Gasteiger partial charge in [-0.2, -0.15) is 0 Å². The molecule has 3 unspecified atom stereocenters. The van der Waals surface area contributed by atoms with Gasteiger partial charge in [-0.3, -0.25) is 0 Å². The molecule has 0 N–H and O–H groups in total. The Bertz CT molecular complexity index is 242. The van der Waals surface area contributed by atoms with Crippen molar-refractivity contribution >= 4 is 9.76 Å². The van der Waals surface area contributed by atoms with Crippen molar-refractivity contribution in [1.29, 1.82) is 0 Å². The van der Waals surface area contributed by atoms with Gasteiger partial charge in [0.05, 0.1) is 12.2 Å². The van der Waals surface area contributed by atoms with E-state index < -0.39 is 0 Å². The van der Waals surface area contributed by atoms with Gasteiger partial charge in [0.2, 0.25) is 0 Å². The Balaban J connectivity index is 1.53. The first-order valence-corrected chi connectivity index (χ1v) is 8.98. The van der Waals surface area contributed by atoms with Crippen LogP contribution in [0.15, 0.2) is 0 Å². The molecule has 3 atom stereocenters. The minimum Gasteiger partial charge on any atom is -0.419 e. The summed E-state index contributed by atoms with van der Waals surface area (Å²) >= 11 is 0. The van der Waals surface area contributed by atoms with E-state index in [-0.39, 0.29) is 15.4 Å². The Morgan fingerprint density at radius 1 is 1.29 bits per heavy atom. The van der Waals surface area contributed by atoms with Crippen molar-refractivity contribution in [2.45, 2.75) is 83.1 Å². The molecule has 2 fully saturated rings. The zero-order valence-corrected chi connectivity index (χ0v) is 13.1. The Morgan fingerprint density at radius 3 is 2.82 bits per heavy atom. The molecule has 0 aromatic rings. The van der Waals surface area contributed by atoms with Crippen LogP contribution in [0.25, 0.3) is 0 Å². The summed E-state index contributed by atoms with van der Waals surface area (Å²) in [7, 11) is -0.302. The molecular formula is C14H28O2Si. The van der Waals surface area contributed by atoms with E-state index in [2.05, 4.69) is 20.8 Å². The lowest BCUT2D eigenvalue weighted by Gasteiger charge is -2.26. The molecule has 2 aliphatic rings. The van der Waals surface area contributed by atoms with Crippen molar-refractivity contribution in [1.82, 2.24) is 0 Å². The number of hydrogen-bond acceptors (Lipinski definition) is 2. The van der Waals surface area contributed by atoms with Crippen LogP contribution in [0.5, 0.6) is 0 Å². The zero-order valence-electron chi connectivity index (χ0n) is 11.7. The van der Waals surface area contributed by atoms with Gasteiger partial charge < -0.3 is 9.16 Å². The highest BCUT2D eigenvalue weighted by molar-refractivity contribution is 6.27. The average molecular weight is 256 g/mol. The lowest BCUT2D eigenvalue weighted by molar-refractivity contribution is 0.104. The standard InChI is InChI=1S/C14H28O2Si/c1-4-8-14(2,3)16-17-9-7-11-5-6-12-13(10-11)15-12/h11-13H,4-10,17H2,1-3H3. The van der Waals surface area contributed by atoms with Gasteiger partial charge in [-0.15, -0.1) is 0 Å². The molecule has 0 aromatic heterocycles. The van der Waals surface area contributed by atoms with E-state index in [1.807, 2.05) is 0 Å². The summed E-state index contributed by atoms with van der Waals surface area (Å²) in [5.74, 6) is 0.934. The maximum absolute atomic E-state index is 6.11. The highest BCUT2D eigenvalue weighted by atomic mass is 28.2. The third kappa shape index (κ3) is 4.38. The minimum atomic E-state index is -0.302. The second-order valence-corrected chi connectivity index (χ2v) is 7.80. The van der Waals surface area contributed by atoms with Crippen LogP contribution in [0.4, 0.5) is 0 Å². The van der Waals surface area contributed by atoms with Crippen molar-refractivity contribution < 1.29 is 9.16 Å². The summed E-state index contributed by atoms with van der Waals surface area (Å²) < 4.78 is 11.7. The predicted molar refractivity (Wildman–Crippen MR) is 74.0 cm³/mol. The molecule has 2 nitrogen and oxygen atoms in total. The summed E-state index contributed by atoms with van der Waals surface area (Å²) in [6, 6.07) is 1.36. The van der Waals surface area contributed by atoms with Crippen LogP contribution >= 0.6 is 0 Å². The van der Waals surface area contributed by atoms with Crippen molar-refractivity contribution in [2.24, 2.45) is 5.92 Å². The Labute approximate surface area is 108 Å². The van der Waals surface area contributed by atoms with Gasteiger partial charge in [0, 0.05) is 5.60 Å². The van der Waals surface area contributed by atoms with E-state index in [0.29, 0.717) is 12.2 Å². The first kappa shape index (κ1) is 13.6. The van der Waals surface area contributed by atoms with Crippen LogP contribution in [0, 0.1) is 5.92 Å². The summed E-state index contributed by atoms with van der Waals surface area (Å²) in [5.41, 5.74) is 0.137. The van der Waals surface area contributed by atoms with Crippen molar-refractivity contribution in [2.75, 3.05) is 0 Å². The highest BCUT2D eigenvalue weighted by Gasteiger charge is 2.43. The predicted octanol–water partition coefficient (Wildman–Crippen LogP) is 3.04. The molecule has 0 amide bonds. The third-order valence-electron chi connectivity index (χ3n) is 4.21. The lowest BCUT2D eigenvalue weighted by Crippen LogP contribution is -2.26. The van der Waals surface area contributed by atoms with E-state index >= 15 is 0 Å². The van der Waals surface area contributed by atoms with Crippen molar-refractivity contribution in [3.63, 3.8) is 0 Å². The summed E-state index contributed by atoms with van der Waals surface area (Å²) in [6.45, 7) is 6.72. The highest BCUT2D eigenvalue weighted by Crippen LogP contribution is 2.40. The van der Waals surface area contributed by atoms with E-state index in [9.17, 15) is 0 Å². The molecular weight excluding hydrogens is 228 g/mol. The number of hydrogen-bond donors (Lipinski definition) is 0. The maximum Gasteiger partial charge on any atom is 0.162 e. The normalized spacial score (nSPS) is 33.0. The molecule has 100 valence electrons. The third-order valence-corrected chi connectivity index (χ3v) is 5.90. The van der Waals surface area contributed by atoms with Crippen LogP contribution in [-0.4, -0.2) is 27.6 Å². The molecule has 1 saturated carbocycles. The van der Waals surface area contributed by atoms with E-state index in [0.717, 1.165) is 5.92 Å². The van der Waals surface area contributed by atoms with Gasteiger partial charge in [-0.25, -0.2) is 0 Å². The fourth-order valence-electron chi connectivity index (χ4n) is 3.14. The Hall–Kier alpha value is 0.137. The van der Waals surface area contributed by atoms with Gasteiger partial charge in [0.15, 0.2) is 9.76 Å². The van der Waals surface area contributed by atoms with Crippen LogP contribution < -0.4 is 0 Å². The molecule has 3 heteroatoms. The first-order chi connectivity index (χ1) is 8.11. The molecule has 0 radical (unpaired) electrons. The van der Waals surface area contributed by atoms with E-state index in [1.54, 1.807) is 0 Å². The number of rotatable bonds is 7. The fraction of sp³-hybridized carbons (Fsp3) is 1.00. The first-order valence-electron chi connectivity index (χ1n) is 7.40. The molecule has 0 spiro atoms. The zero-order chi connectivity index (χ0) is 12.3. The molecule has 1 aliphatic carbocycles. The maximum atomic E-state index is 6.11. The minimum absolute atomic E-state index is 0.137. The fourth-order valence-corrected chi connectivity index (χ4v) is 4.73. The molecule has 1 saturated heterocycles. The second-order valence-electron chi connectivity index (χ2n) is 6.39. The average Bonchev–Trinajstić information content (AvgIpc) is 3.02. The molecule has 0 bridgehead atoms. The largest absolute Gasteiger partial charge is 0.419 e. The number of epoxide rings is 1.